The number of carbonyl (C=O) groups is 1. The topological polar surface area (TPSA) is 50.2 Å². The van der Waals surface area contributed by atoms with E-state index in [0.29, 0.717) is 17.2 Å². The summed E-state index contributed by atoms with van der Waals surface area (Å²) >= 11 is 0. The first kappa shape index (κ1) is 11.1. The van der Waals surface area contributed by atoms with E-state index in [-0.39, 0.29) is 0 Å². The highest BCUT2D eigenvalue weighted by Gasteiger charge is 2.22. The lowest BCUT2D eigenvalue weighted by Crippen LogP contribution is -2.15. The van der Waals surface area contributed by atoms with Crippen molar-refractivity contribution in [2.45, 2.75) is 45.4 Å². The van der Waals surface area contributed by atoms with E-state index in [0.717, 1.165) is 30.5 Å². The molecule has 0 saturated carbocycles. The molecule has 2 rings (SSSR count). The maximum Gasteiger partial charge on any atom is 0.337 e. The van der Waals surface area contributed by atoms with Crippen LogP contribution in [0.2, 0.25) is 0 Å². The highest BCUT2D eigenvalue weighted by atomic mass is 16.4. The fourth-order valence-corrected chi connectivity index (χ4v) is 2.51. The average Bonchev–Trinajstić information content (AvgIpc) is 2.27. The van der Waals surface area contributed by atoms with Crippen LogP contribution in [-0.4, -0.2) is 16.1 Å². The Morgan fingerprint density at radius 1 is 1.62 bits per heavy atom. The molecule has 3 nitrogen and oxygen atoms in total. The van der Waals surface area contributed by atoms with Crippen molar-refractivity contribution in [3.63, 3.8) is 0 Å². The molecule has 1 aliphatic carbocycles. The van der Waals surface area contributed by atoms with Gasteiger partial charge in [0.1, 0.15) is 0 Å². The molecule has 1 aromatic rings. The summed E-state index contributed by atoms with van der Waals surface area (Å²) in [6, 6.07) is 1.82. The van der Waals surface area contributed by atoms with E-state index in [9.17, 15) is 4.79 Å². The fourth-order valence-electron chi connectivity index (χ4n) is 2.51. The number of rotatable bonds is 2. The molecule has 1 aliphatic rings. The summed E-state index contributed by atoms with van der Waals surface area (Å²) in [5.41, 5.74) is 3.28. The van der Waals surface area contributed by atoms with Crippen LogP contribution in [0.4, 0.5) is 0 Å². The second kappa shape index (κ2) is 4.24. The van der Waals surface area contributed by atoms with Gasteiger partial charge >= 0.3 is 5.97 Å². The predicted molar refractivity (Wildman–Crippen MR) is 61.9 cm³/mol. The van der Waals surface area contributed by atoms with Gasteiger partial charge in [-0.25, -0.2) is 4.79 Å². The van der Waals surface area contributed by atoms with E-state index >= 15 is 0 Å². The molecule has 16 heavy (non-hydrogen) atoms. The smallest absolute Gasteiger partial charge is 0.337 e. The van der Waals surface area contributed by atoms with Crippen molar-refractivity contribution in [2.24, 2.45) is 0 Å². The van der Waals surface area contributed by atoms with Gasteiger partial charge in [-0.3, -0.25) is 4.98 Å². The van der Waals surface area contributed by atoms with Crippen LogP contribution in [0.5, 0.6) is 0 Å². The van der Waals surface area contributed by atoms with Crippen molar-refractivity contribution < 1.29 is 9.90 Å². The molecule has 0 radical (unpaired) electrons. The van der Waals surface area contributed by atoms with Crippen LogP contribution in [0.1, 0.15) is 59.4 Å². The number of carboxylic acids is 1. The van der Waals surface area contributed by atoms with Crippen LogP contribution in [0.15, 0.2) is 6.07 Å². The number of nitrogens with zero attached hydrogens (tertiary/aromatic N) is 1. The van der Waals surface area contributed by atoms with Gasteiger partial charge in [0.05, 0.1) is 11.3 Å². The zero-order valence-corrected chi connectivity index (χ0v) is 9.79. The number of fused-ring (bicyclic) bond motifs is 1. The zero-order chi connectivity index (χ0) is 11.7. The number of hydrogen-bond donors (Lipinski definition) is 1. The predicted octanol–water partition coefficient (Wildman–Crippen LogP) is 2.92. The Labute approximate surface area is 95.5 Å². The molecule has 0 bridgehead atoms. The van der Waals surface area contributed by atoms with Gasteiger partial charge < -0.3 is 5.11 Å². The van der Waals surface area contributed by atoms with Crippen molar-refractivity contribution >= 4 is 5.97 Å². The molecule has 1 atom stereocenters. The molecule has 1 unspecified atom stereocenters. The molecule has 1 aromatic heterocycles. The minimum atomic E-state index is -0.869. The third-order valence-corrected chi connectivity index (χ3v) is 3.43. The normalized spacial score (nSPS) is 19.2. The van der Waals surface area contributed by atoms with Crippen LogP contribution in [-0.2, 0) is 6.42 Å². The van der Waals surface area contributed by atoms with E-state index in [1.54, 1.807) is 6.92 Å². The maximum atomic E-state index is 11.0. The summed E-state index contributed by atoms with van der Waals surface area (Å²) in [5.74, 6) is -0.350. The van der Waals surface area contributed by atoms with E-state index in [1.807, 2.05) is 6.07 Å². The molecular formula is C13H17NO2. The third kappa shape index (κ3) is 1.82. The van der Waals surface area contributed by atoms with Gasteiger partial charge in [-0.2, -0.15) is 0 Å². The minimum Gasteiger partial charge on any atom is -0.478 e. The highest BCUT2D eigenvalue weighted by molar-refractivity contribution is 5.89. The second-order valence-electron chi connectivity index (χ2n) is 4.47. The van der Waals surface area contributed by atoms with Crippen LogP contribution in [0, 0.1) is 6.92 Å². The second-order valence-corrected chi connectivity index (χ2v) is 4.47. The number of pyridine rings is 1. The van der Waals surface area contributed by atoms with Gasteiger partial charge in [-0.05, 0) is 44.2 Å². The number of aromatic carboxylic acids is 1. The van der Waals surface area contributed by atoms with Crippen molar-refractivity contribution in [3.05, 3.63) is 28.6 Å². The molecule has 0 amide bonds. The Balaban J connectivity index is 2.50. The molecule has 0 saturated heterocycles. The molecule has 0 fully saturated rings. The third-order valence-electron chi connectivity index (χ3n) is 3.43. The highest BCUT2D eigenvalue weighted by Crippen LogP contribution is 2.33. The summed E-state index contributed by atoms with van der Waals surface area (Å²) in [6.07, 6.45) is 4.39. The lowest BCUT2D eigenvalue weighted by Gasteiger charge is -2.24. The van der Waals surface area contributed by atoms with Gasteiger partial charge in [-0.15, -0.1) is 0 Å². The molecular weight excluding hydrogens is 202 g/mol. The summed E-state index contributed by atoms with van der Waals surface area (Å²) in [4.78, 5) is 15.5. The van der Waals surface area contributed by atoms with Gasteiger partial charge in [0.25, 0.3) is 0 Å². The molecule has 1 N–H and O–H groups in total. The summed E-state index contributed by atoms with van der Waals surface area (Å²) < 4.78 is 0. The van der Waals surface area contributed by atoms with E-state index < -0.39 is 5.97 Å². The molecule has 0 aliphatic heterocycles. The first-order valence-electron chi connectivity index (χ1n) is 5.87. The standard InChI is InChI=1S/C13H17NO2/c1-3-9-5-4-6-10-7-11(13(15)16)8(2)14-12(9)10/h7,9H,3-6H2,1-2H3,(H,15,16). The largest absolute Gasteiger partial charge is 0.478 e. The molecule has 0 spiro atoms. The summed E-state index contributed by atoms with van der Waals surface area (Å²) in [6.45, 7) is 3.95. The SMILES string of the molecule is CCC1CCCc2cc(C(=O)O)c(C)nc21. The maximum absolute atomic E-state index is 11.0. The van der Waals surface area contributed by atoms with Crippen molar-refractivity contribution in [1.29, 1.82) is 0 Å². The Bertz CT molecular complexity index is 426. The van der Waals surface area contributed by atoms with Crippen LogP contribution < -0.4 is 0 Å². The van der Waals surface area contributed by atoms with E-state index in [1.165, 1.54) is 6.42 Å². The monoisotopic (exact) mass is 219 g/mol. The molecule has 1 heterocycles. The minimum absolute atomic E-state index is 0.357. The summed E-state index contributed by atoms with van der Waals surface area (Å²) in [7, 11) is 0. The Morgan fingerprint density at radius 3 is 3.00 bits per heavy atom. The van der Waals surface area contributed by atoms with Gasteiger partial charge in [0.15, 0.2) is 0 Å². The van der Waals surface area contributed by atoms with Gasteiger partial charge in [0.2, 0.25) is 0 Å². The van der Waals surface area contributed by atoms with Crippen molar-refractivity contribution in [1.82, 2.24) is 4.98 Å². The van der Waals surface area contributed by atoms with Crippen LogP contribution in [0.25, 0.3) is 0 Å². The van der Waals surface area contributed by atoms with E-state index in [2.05, 4.69) is 11.9 Å². The number of aromatic nitrogens is 1. The Morgan fingerprint density at radius 2 is 2.38 bits per heavy atom. The number of carboxylic acid groups (broad SMARTS) is 1. The lowest BCUT2D eigenvalue weighted by molar-refractivity contribution is 0.0695. The first-order chi connectivity index (χ1) is 7.63. The lowest BCUT2D eigenvalue weighted by atomic mass is 9.84. The zero-order valence-electron chi connectivity index (χ0n) is 9.79. The Kier molecular flexibility index (Phi) is 2.95. The number of aryl methyl sites for hydroxylation is 2. The quantitative estimate of drug-likeness (QED) is 0.832. The van der Waals surface area contributed by atoms with E-state index in [4.69, 9.17) is 5.11 Å². The Hall–Kier alpha value is -1.38. The number of hydrogen-bond acceptors (Lipinski definition) is 2. The van der Waals surface area contributed by atoms with Crippen molar-refractivity contribution in [3.8, 4) is 0 Å². The fraction of sp³-hybridized carbons (Fsp3) is 0.538. The van der Waals surface area contributed by atoms with Crippen LogP contribution >= 0.6 is 0 Å². The molecule has 3 heteroatoms. The molecule has 86 valence electrons. The van der Waals surface area contributed by atoms with Crippen molar-refractivity contribution in [2.75, 3.05) is 0 Å². The average molecular weight is 219 g/mol. The van der Waals surface area contributed by atoms with Gasteiger partial charge in [-0.1, -0.05) is 6.92 Å². The first-order valence-corrected chi connectivity index (χ1v) is 5.87. The summed E-state index contributed by atoms with van der Waals surface area (Å²) in [5, 5.41) is 9.05. The van der Waals surface area contributed by atoms with Crippen LogP contribution in [0.3, 0.4) is 0 Å². The van der Waals surface area contributed by atoms with Gasteiger partial charge in [0, 0.05) is 11.6 Å². The molecule has 0 aromatic carbocycles.